The molecule has 0 aliphatic carbocycles. The van der Waals surface area contributed by atoms with E-state index in [1.165, 1.54) is 0 Å². The summed E-state index contributed by atoms with van der Waals surface area (Å²) in [4.78, 5) is 4.34. The molecular formula is C12H13BrClN3. The summed E-state index contributed by atoms with van der Waals surface area (Å²) in [5.74, 6) is 0.639. The number of anilines is 1. The van der Waals surface area contributed by atoms with Crippen LogP contribution in [0.1, 0.15) is 19.9 Å². The molecule has 1 aromatic heterocycles. The van der Waals surface area contributed by atoms with Crippen LogP contribution in [0.2, 0.25) is 5.02 Å². The van der Waals surface area contributed by atoms with Crippen molar-refractivity contribution in [1.29, 1.82) is 0 Å². The van der Waals surface area contributed by atoms with Gasteiger partial charge in [-0.25, -0.2) is 4.98 Å². The SMILES string of the molecule is CC(C)n1cnc(-c2cc(Br)ccc2Cl)c1N. The van der Waals surface area contributed by atoms with E-state index in [0.717, 1.165) is 15.7 Å². The van der Waals surface area contributed by atoms with Crippen LogP contribution in [-0.4, -0.2) is 9.55 Å². The molecule has 0 radical (unpaired) electrons. The highest BCUT2D eigenvalue weighted by Gasteiger charge is 2.14. The molecule has 0 saturated carbocycles. The Balaban J connectivity index is 2.57. The molecule has 0 bridgehead atoms. The van der Waals surface area contributed by atoms with Crippen LogP contribution >= 0.6 is 27.5 Å². The molecule has 1 heterocycles. The number of nitrogen functional groups attached to an aromatic ring is 1. The molecule has 17 heavy (non-hydrogen) atoms. The van der Waals surface area contributed by atoms with E-state index in [9.17, 15) is 0 Å². The maximum Gasteiger partial charge on any atom is 0.131 e. The van der Waals surface area contributed by atoms with Gasteiger partial charge < -0.3 is 10.3 Å². The Morgan fingerprint density at radius 1 is 1.41 bits per heavy atom. The number of benzene rings is 1. The second-order valence-electron chi connectivity index (χ2n) is 4.10. The van der Waals surface area contributed by atoms with Crippen LogP contribution in [0.15, 0.2) is 29.0 Å². The number of hydrogen-bond acceptors (Lipinski definition) is 2. The lowest BCUT2D eigenvalue weighted by atomic mass is 10.1. The number of halogens is 2. The van der Waals surface area contributed by atoms with Gasteiger partial charge in [-0.2, -0.15) is 0 Å². The Hall–Kier alpha value is -1.00. The smallest absolute Gasteiger partial charge is 0.131 e. The van der Waals surface area contributed by atoms with Crippen molar-refractivity contribution in [2.45, 2.75) is 19.9 Å². The van der Waals surface area contributed by atoms with Gasteiger partial charge in [-0.15, -0.1) is 0 Å². The maximum atomic E-state index is 6.17. The second-order valence-corrected chi connectivity index (χ2v) is 5.43. The number of nitrogens with two attached hydrogens (primary N) is 1. The van der Waals surface area contributed by atoms with Gasteiger partial charge in [0, 0.05) is 16.1 Å². The standard InChI is InChI=1S/C12H13BrClN3/c1-7(2)17-6-16-11(12(17)15)9-5-8(13)3-4-10(9)14/h3-7H,15H2,1-2H3. The second kappa shape index (κ2) is 4.70. The molecule has 2 rings (SSSR count). The first-order chi connectivity index (χ1) is 8.00. The van der Waals surface area contributed by atoms with Crippen LogP contribution in [0.25, 0.3) is 11.3 Å². The van der Waals surface area contributed by atoms with Crippen molar-refractivity contribution >= 4 is 33.3 Å². The van der Waals surface area contributed by atoms with E-state index in [4.69, 9.17) is 17.3 Å². The normalized spacial score (nSPS) is 11.1. The van der Waals surface area contributed by atoms with Gasteiger partial charge in [-0.05, 0) is 32.0 Å². The lowest BCUT2D eigenvalue weighted by Crippen LogP contribution is -2.04. The molecule has 5 heteroatoms. The highest BCUT2D eigenvalue weighted by atomic mass is 79.9. The van der Waals surface area contributed by atoms with Crippen molar-refractivity contribution in [3.8, 4) is 11.3 Å². The summed E-state index contributed by atoms with van der Waals surface area (Å²) >= 11 is 9.59. The average Bonchev–Trinajstić information content (AvgIpc) is 2.64. The largest absolute Gasteiger partial charge is 0.383 e. The number of nitrogens with zero attached hydrogens (tertiary/aromatic N) is 2. The van der Waals surface area contributed by atoms with Crippen LogP contribution in [-0.2, 0) is 0 Å². The van der Waals surface area contributed by atoms with Gasteiger partial charge >= 0.3 is 0 Å². The third-order valence-electron chi connectivity index (χ3n) is 2.57. The van der Waals surface area contributed by atoms with Crippen molar-refractivity contribution in [2.75, 3.05) is 5.73 Å². The molecule has 0 saturated heterocycles. The minimum atomic E-state index is 0.280. The lowest BCUT2D eigenvalue weighted by Gasteiger charge is -2.09. The average molecular weight is 315 g/mol. The summed E-state index contributed by atoms with van der Waals surface area (Å²) in [5, 5.41) is 0.647. The summed E-state index contributed by atoms with van der Waals surface area (Å²) in [6, 6.07) is 5.92. The monoisotopic (exact) mass is 313 g/mol. The van der Waals surface area contributed by atoms with Gasteiger partial charge in [0.25, 0.3) is 0 Å². The van der Waals surface area contributed by atoms with Gasteiger partial charge in [0.1, 0.15) is 11.5 Å². The molecule has 1 aromatic carbocycles. The van der Waals surface area contributed by atoms with E-state index in [1.54, 1.807) is 6.33 Å². The van der Waals surface area contributed by atoms with E-state index in [2.05, 4.69) is 34.8 Å². The third-order valence-corrected chi connectivity index (χ3v) is 3.39. The maximum absolute atomic E-state index is 6.17. The van der Waals surface area contributed by atoms with Crippen molar-refractivity contribution in [2.24, 2.45) is 0 Å². The molecule has 3 nitrogen and oxygen atoms in total. The topological polar surface area (TPSA) is 43.8 Å². The predicted molar refractivity (Wildman–Crippen MR) is 75.2 cm³/mol. The Morgan fingerprint density at radius 3 is 2.71 bits per heavy atom. The minimum Gasteiger partial charge on any atom is -0.383 e. The lowest BCUT2D eigenvalue weighted by molar-refractivity contribution is 0.607. The fourth-order valence-electron chi connectivity index (χ4n) is 1.67. The Labute approximate surface area is 114 Å². The van der Waals surface area contributed by atoms with Crippen molar-refractivity contribution in [3.63, 3.8) is 0 Å². The molecule has 0 aliphatic heterocycles. The number of imidazole rings is 1. The first-order valence-electron chi connectivity index (χ1n) is 5.28. The van der Waals surface area contributed by atoms with Crippen LogP contribution < -0.4 is 5.73 Å². The van der Waals surface area contributed by atoms with E-state index in [0.29, 0.717) is 10.8 Å². The molecule has 0 fully saturated rings. The summed E-state index contributed by atoms with van der Waals surface area (Å²) in [7, 11) is 0. The summed E-state index contributed by atoms with van der Waals surface area (Å²) < 4.78 is 2.88. The molecule has 90 valence electrons. The van der Waals surface area contributed by atoms with Gasteiger partial charge in [-0.1, -0.05) is 27.5 Å². The van der Waals surface area contributed by atoms with Crippen molar-refractivity contribution in [3.05, 3.63) is 34.0 Å². The van der Waals surface area contributed by atoms with E-state index in [-0.39, 0.29) is 6.04 Å². The minimum absolute atomic E-state index is 0.280. The first-order valence-corrected chi connectivity index (χ1v) is 6.45. The zero-order chi connectivity index (χ0) is 12.6. The van der Waals surface area contributed by atoms with Crippen LogP contribution in [0.4, 0.5) is 5.82 Å². The molecule has 0 atom stereocenters. The van der Waals surface area contributed by atoms with Gasteiger partial charge in [0.2, 0.25) is 0 Å². The summed E-state index contributed by atoms with van der Waals surface area (Å²) in [5.41, 5.74) is 7.65. The van der Waals surface area contributed by atoms with E-state index < -0.39 is 0 Å². The Kier molecular flexibility index (Phi) is 3.45. The summed E-state index contributed by atoms with van der Waals surface area (Å²) in [6.07, 6.45) is 1.74. The molecule has 0 amide bonds. The van der Waals surface area contributed by atoms with Crippen LogP contribution in [0, 0.1) is 0 Å². The molecule has 0 unspecified atom stereocenters. The number of aromatic nitrogens is 2. The van der Waals surface area contributed by atoms with Gasteiger partial charge in [0.15, 0.2) is 0 Å². The molecule has 2 aromatic rings. The van der Waals surface area contributed by atoms with Gasteiger partial charge in [0.05, 0.1) is 11.3 Å². The Bertz CT molecular complexity index is 549. The van der Waals surface area contributed by atoms with Crippen LogP contribution in [0.3, 0.4) is 0 Å². The molecule has 2 N–H and O–H groups in total. The Morgan fingerprint density at radius 2 is 2.12 bits per heavy atom. The van der Waals surface area contributed by atoms with Crippen LogP contribution in [0.5, 0.6) is 0 Å². The van der Waals surface area contributed by atoms with Crippen molar-refractivity contribution < 1.29 is 0 Å². The fraction of sp³-hybridized carbons (Fsp3) is 0.250. The van der Waals surface area contributed by atoms with Gasteiger partial charge in [-0.3, -0.25) is 0 Å². The fourth-order valence-corrected chi connectivity index (χ4v) is 2.24. The molecular weight excluding hydrogens is 302 g/mol. The predicted octanol–water partition coefficient (Wildman–Crippen LogP) is 4.13. The number of hydrogen-bond donors (Lipinski definition) is 1. The molecule has 0 aliphatic rings. The van der Waals surface area contributed by atoms with E-state index >= 15 is 0 Å². The zero-order valence-corrected chi connectivity index (χ0v) is 12.0. The van der Waals surface area contributed by atoms with E-state index in [1.807, 2.05) is 22.8 Å². The summed E-state index contributed by atoms with van der Waals surface area (Å²) in [6.45, 7) is 4.12. The first kappa shape index (κ1) is 12.5. The highest BCUT2D eigenvalue weighted by molar-refractivity contribution is 9.10. The third kappa shape index (κ3) is 2.33. The number of rotatable bonds is 2. The highest BCUT2D eigenvalue weighted by Crippen LogP contribution is 2.33. The quantitative estimate of drug-likeness (QED) is 0.905. The van der Waals surface area contributed by atoms with Crippen molar-refractivity contribution in [1.82, 2.24) is 9.55 Å². The zero-order valence-electron chi connectivity index (χ0n) is 9.61. The molecule has 0 spiro atoms.